The molecule has 3 aromatic rings. The van der Waals surface area contributed by atoms with Gasteiger partial charge in [-0.2, -0.15) is 5.10 Å². The Balaban J connectivity index is 1.85. The highest BCUT2D eigenvalue weighted by Gasteiger charge is 2.40. The number of hydrogen-bond acceptors (Lipinski definition) is 3. The van der Waals surface area contributed by atoms with Gasteiger partial charge in [-0.05, 0) is 44.2 Å². The number of aryl methyl sites for hydroxylation is 2. The molecule has 0 spiro atoms. The zero-order valence-corrected chi connectivity index (χ0v) is 16.3. The van der Waals surface area contributed by atoms with Crippen molar-refractivity contribution >= 4 is 39.8 Å². The maximum Gasteiger partial charge on any atom is 0.136 e. The Kier molecular flexibility index (Phi) is 4.53. The lowest BCUT2D eigenvalue weighted by Gasteiger charge is -2.33. The van der Waals surface area contributed by atoms with Crippen molar-refractivity contribution in [2.24, 2.45) is 7.05 Å². The molecule has 1 aliphatic rings. The van der Waals surface area contributed by atoms with Crippen molar-refractivity contribution < 1.29 is 8.78 Å². The number of halogens is 4. The molecule has 0 bridgehead atoms. The third-order valence-electron chi connectivity index (χ3n) is 5.14. The van der Waals surface area contributed by atoms with Crippen LogP contribution in [0.25, 0.3) is 10.9 Å². The van der Waals surface area contributed by atoms with Gasteiger partial charge in [0.1, 0.15) is 11.6 Å². The van der Waals surface area contributed by atoms with E-state index in [2.05, 4.69) is 15.7 Å². The molecule has 1 aromatic heterocycles. The maximum absolute atomic E-state index is 14.7. The van der Waals surface area contributed by atoms with Crippen LogP contribution in [0.1, 0.15) is 17.7 Å². The molecule has 1 fully saturated rings. The molecule has 142 valence electrons. The van der Waals surface area contributed by atoms with Gasteiger partial charge in [-0.3, -0.25) is 4.68 Å². The minimum atomic E-state index is -0.834. The molecule has 0 amide bonds. The van der Waals surface area contributed by atoms with Crippen molar-refractivity contribution in [2.75, 3.05) is 18.4 Å². The summed E-state index contributed by atoms with van der Waals surface area (Å²) < 4.78 is 31.1. The van der Waals surface area contributed by atoms with Crippen molar-refractivity contribution in [3.63, 3.8) is 0 Å². The van der Waals surface area contributed by atoms with E-state index >= 15 is 0 Å². The predicted octanol–water partition coefficient (Wildman–Crippen LogP) is 4.77. The second-order valence-corrected chi connectivity index (χ2v) is 7.70. The Labute approximate surface area is 165 Å². The van der Waals surface area contributed by atoms with Gasteiger partial charge in [0.15, 0.2) is 0 Å². The molecule has 0 aliphatic carbocycles. The monoisotopic (exact) mass is 410 g/mol. The first-order chi connectivity index (χ1) is 12.8. The molecule has 4 rings (SSSR count). The van der Waals surface area contributed by atoms with E-state index in [-0.39, 0.29) is 15.9 Å². The van der Waals surface area contributed by atoms with Crippen LogP contribution >= 0.6 is 23.2 Å². The molecule has 1 unspecified atom stereocenters. The summed E-state index contributed by atoms with van der Waals surface area (Å²) in [6.45, 7) is 2.88. The maximum atomic E-state index is 14.7. The zero-order chi connectivity index (χ0) is 19.3. The summed E-state index contributed by atoms with van der Waals surface area (Å²) in [5.74, 6) is -0.821. The second-order valence-electron chi connectivity index (χ2n) is 6.91. The molecular weight excluding hydrogens is 393 g/mol. The standard InChI is InChI=1S/C19H18Cl2F2N4/c1-10-16-14(23)7-11(8-15(16)27(2)26-10)25-19(5-6-24-9-19)17-13(22)4-3-12(20)18(17)21/h3-4,7-8,24-25H,5-6,9H2,1-2H3. The molecular formula is C19H18Cl2F2N4. The first-order valence-electron chi connectivity index (χ1n) is 8.58. The average Bonchev–Trinajstić information content (AvgIpc) is 3.17. The van der Waals surface area contributed by atoms with Gasteiger partial charge in [-0.1, -0.05) is 23.2 Å². The number of hydrogen-bond donors (Lipinski definition) is 2. The van der Waals surface area contributed by atoms with Gasteiger partial charge in [0.25, 0.3) is 0 Å². The molecule has 8 heteroatoms. The van der Waals surface area contributed by atoms with Crippen LogP contribution in [0, 0.1) is 18.6 Å². The topological polar surface area (TPSA) is 41.9 Å². The van der Waals surface area contributed by atoms with E-state index in [1.54, 1.807) is 18.7 Å². The van der Waals surface area contributed by atoms with Crippen LogP contribution in [0.15, 0.2) is 24.3 Å². The third-order valence-corrected chi connectivity index (χ3v) is 5.95. The van der Waals surface area contributed by atoms with Gasteiger partial charge in [0.2, 0.25) is 0 Å². The highest BCUT2D eigenvalue weighted by Crippen LogP contribution is 2.41. The van der Waals surface area contributed by atoms with E-state index < -0.39 is 11.4 Å². The zero-order valence-electron chi connectivity index (χ0n) is 14.8. The fraction of sp³-hybridized carbons (Fsp3) is 0.316. The molecule has 0 radical (unpaired) electrons. The highest BCUT2D eigenvalue weighted by atomic mass is 35.5. The minimum absolute atomic E-state index is 0.172. The summed E-state index contributed by atoms with van der Waals surface area (Å²) in [6, 6.07) is 5.96. The summed E-state index contributed by atoms with van der Waals surface area (Å²) in [5.41, 5.74) is 1.27. The fourth-order valence-corrected chi connectivity index (χ4v) is 4.41. The Morgan fingerprint density at radius 1 is 1.22 bits per heavy atom. The van der Waals surface area contributed by atoms with E-state index in [0.717, 1.165) is 0 Å². The number of anilines is 1. The summed E-state index contributed by atoms with van der Waals surface area (Å²) in [4.78, 5) is 0. The van der Waals surface area contributed by atoms with E-state index in [9.17, 15) is 8.78 Å². The fourth-order valence-electron chi connectivity index (χ4n) is 3.92. The molecule has 1 aliphatic heterocycles. The van der Waals surface area contributed by atoms with Crippen LogP contribution in [0.2, 0.25) is 10.0 Å². The number of benzene rings is 2. The van der Waals surface area contributed by atoms with E-state index in [0.29, 0.717) is 47.4 Å². The van der Waals surface area contributed by atoms with Crippen molar-refractivity contribution in [3.8, 4) is 0 Å². The van der Waals surface area contributed by atoms with Crippen molar-refractivity contribution in [3.05, 3.63) is 57.2 Å². The molecule has 0 saturated carbocycles. The predicted molar refractivity (Wildman–Crippen MR) is 105 cm³/mol. The van der Waals surface area contributed by atoms with Crippen LogP contribution in [0.5, 0.6) is 0 Å². The van der Waals surface area contributed by atoms with Crippen LogP contribution in [0.3, 0.4) is 0 Å². The summed E-state index contributed by atoms with van der Waals surface area (Å²) in [7, 11) is 1.76. The van der Waals surface area contributed by atoms with Crippen LogP contribution < -0.4 is 10.6 Å². The van der Waals surface area contributed by atoms with Gasteiger partial charge in [-0.15, -0.1) is 0 Å². The molecule has 2 heterocycles. The van der Waals surface area contributed by atoms with Crippen molar-refractivity contribution in [1.29, 1.82) is 0 Å². The van der Waals surface area contributed by atoms with E-state index in [1.807, 2.05) is 6.07 Å². The van der Waals surface area contributed by atoms with Crippen LogP contribution in [0.4, 0.5) is 14.5 Å². The largest absolute Gasteiger partial charge is 0.374 e. The number of aromatic nitrogens is 2. The van der Waals surface area contributed by atoms with Gasteiger partial charge in [0, 0.05) is 24.8 Å². The smallest absolute Gasteiger partial charge is 0.136 e. The van der Waals surface area contributed by atoms with Crippen molar-refractivity contribution in [2.45, 2.75) is 18.9 Å². The van der Waals surface area contributed by atoms with E-state index in [1.165, 1.54) is 18.2 Å². The lowest BCUT2D eigenvalue weighted by molar-refractivity contribution is 0.495. The van der Waals surface area contributed by atoms with Crippen LogP contribution in [-0.2, 0) is 12.6 Å². The molecule has 2 N–H and O–H groups in total. The van der Waals surface area contributed by atoms with Crippen molar-refractivity contribution in [1.82, 2.24) is 15.1 Å². The number of fused-ring (bicyclic) bond motifs is 1. The quantitative estimate of drug-likeness (QED) is 0.611. The third kappa shape index (κ3) is 2.96. The van der Waals surface area contributed by atoms with Gasteiger partial charge in [-0.25, -0.2) is 8.78 Å². The minimum Gasteiger partial charge on any atom is -0.374 e. The molecule has 1 saturated heterocycles. The molecule has 4 nitrogen and oxygen atoms in total. The van der Waals surface area contributed by atoms with E-state index in [4.69, 9.17) is 23.2 Å². The van der Waals surface area contributed by atoms with Gasteiger partial charge < -0.3 is 10.6 Å². The Morgan fingerprint density at radius 3 is 2.70 bits per heavy atom. The molecule has 2 aromatic carbocycles. The Bertz CT molecular complexity index is 1040. The molecule has 27 heavy (non-hydrogen) atoms. The second kappa shape index (κ2) is 6.62. The number of nitrogens with zero attached hydrogens (tertiary/aromatic N) is 2. The Morgan fingerprint density at radius 2 is 2.00 bits per heavy atom. The lowest BCUT2D eigenvalue weighted by Crippen LogP contribution is -2.39. The number of rotatable bonds is 3. The first kappa shape index (κ1) is 18.5. The molecule has 1 atom stereocenters. The SMILES string of the molecule is Cc1nn(C)c2cc(NC3(c4c(F)ccc(Cl)c4Cl)CCNC3)cc(F)c12. The normalized spacial score (nSPS) is 19.8. The van der Waals surface area contributed by atoms with Gasteiger partial charge in [0.05, 0.1) is 32.2 Å². The highest BCUT2D eigenvalue weighted by molar-refractivity contribution is 6.42. The first-order valence-corrected chi connectivity index (χ1v) is 9.34. The summed E-state index contributed by atoms with van der Waals surface area (Å²) in [5, 5.41) is 11.8. The van der Waals surface area contributed by atoms with Crippen LogP contribution in [-0.4, -0.2) is 22.9 Å². The lowest BCUT2D eigenvalue weighted by atomic mass is 9.87. The average molecular weight is 411 g/mol. The Hall–Kier alpha value is -1.89. The number of nitrogens with one attached hydrogen (secondary N) is 2. The van der Waals surface area contributed by atoms with Gasteiger partial charge >= 0.3 is 0 Å². The summed E-state index contributed by atoms with van der Waals surface area (Å²) in [6.07, 6.45) is 0.577. The summed E-state index contributed by atoms with van der Waals surface area (Å²) >= 11 is 12.5.